The molecule has 0 N–H and O–H groups in total. The van der Waals surface area contributed by atoms with Gasteiger partial charge in [-0.1, -0.05) is 53.3 Å². The molecule has 3 rings (SSSR count). The highest BCUT2D eigenvalue weighted by molar-refractivity contribution is 7.16. The van der Waals surface area contributed by atoms with E-state index in [1.807, 2.05) is 47.0 Å². The average Bonchev–Trinajstić information content (AvgIpc) is 2.96. The Morgan fingerprint density at radius 3 is 2.70 bits per heavy atom. The second-order valence-corrected chi connectivity index (χ2v) is 7.32. The number of ether oxygens (including phenoxy) is 1. The molecule has 0 saturated heterocycles. The second kappa shape index (κ2) is 8.97. The Balaban J connectivity index is 1.93. The minimum Gasteiger partial charge on any atom is -0.466 e. The summed E-state index contributed by atoms with van der Waals surface area (Å²) in [5.74, 6) is -0.511. The van der Waals surface area contributed by atoms with Crippen molar-refractivity contribution in [1.82, 2.24) is 4.57 Å². The van der Waals surface area contributed by atoms with Crippen molar-refractivity contribution in [2.45, 2.75) is 26.3 Å². The smallest absolute Gasteiger partial charge is 0.307 e. The molecular formula is C20H19ClN2O3S. The molecule has 27 heavy (non-hydrogen) atoms. The lowest BCUT2D eigenvalue weighted by Crippen LogP contribution is -2.20. The van der Waals surface area contributed by atoms with Crippen LogP contribution in [-0.2, 0) is 27.3 Å². The molecule has 0 aliphatic carbocycles. The van der Waals surface area contributed by atoms with E-state index in [0.29, 0.717) is 23.0 Å². The standard InChI is InChI=1S/C20H19ClN2O3S/c1-2-26-19(25)10-11-23-16-9-8-15(21)13-17(16)27-20(23)22-18(24)12-14-6-4-3-5-7-14/h3-9,13H,2,10-12H2,1H3. The molecule has 2 aromatic carbocycles. The molecule has 0 bridgehead atoms. The fraction of sp³-hybridized carbons (Fsp3) is 0.250. The number of fused-ring (bicyclic) bond motifs is 1. The van der Waals surface area contributed by atoms with Crippen LogP contribution < -0.4 is 4.80 Å². The van der Waals surface area contributed by atoms with Crippen LogP contribution in [-0.4, -0.2) is 23.1 Å². The summed E-state index contributed by atoms with van der Waals surface area (Å²) in [5, 5.41) is 0.614. The monoisotopic (exact) mass is 402 g/mol. The first-order chi connectivity index (χ1) is 13.1. The number of halogens is 1. The number of amides is 1. The molecule has 7 heteroatoms. The van der Waals surface area contributed by atoms with Crippen LogP contribution in [0.2, 0.25) is 5.02 Å². The number of hydrogen-bond acceptors (Lipinski definition) is 4. The minimum atomic E-state index is -0.278. The lowest BCUT2D eigenvalue weighted by atomic mass is 10.1. The third-order valence-corrected chi connectivity index (χ3v) is 5.18. The Bertz CT molecular complexity index is 1020. The predicted octanol–water partition coefficient (Wildman–Crippen LogP) is 3.98. The number of carbonyl (C=O) groups is 2. The van der Waals surface area contributed by atoms with Gasteiger partial charge in [-0.3, -0.25) is 9.59 Å². The first kappa shape index (κ1) is 19.3. The van der Waals surface area contributed by atoms with E-state index in [2.05, 4.69) is 4.99 Å². The van der Waals surface area contributed by atoms with E-state index < -0.39 is 0 Å². The van der Waals surface area contributed by atoms with Crippen molar-refractivity contribution in [2.24, 2.45) is 4.99 Å². The normalized spacial score (nSPS) is 11.7. The van der Waals surface area contributed by atoms with Gasteiger partial charge >= 0.3 is 5.97 Å². The van der Waals surface area contributed by atoms with E-state index in [-0.39, 0.29) is 24.7 Å². The van der Waals surface area contributed by atoms with Gasteiger partial charge < -0.3 is 9.30 Å². The third-order valence-electron chi connectivity index (χ3n) is 3.91. The molecule has 5 nitrogen and oxygen atoms in total. The summed E-state index contributed by atoms with van der Waals surface area (Å²) in [4.78, 5) is 29.0. The van der Waals surface area contributed by atoms with Gasteiger partial charge in [0.1, 0.15) is 0 Å². The molecule has 1 aromatic heterocycles. The molecule has 0 atom stereocenters. The van der Waals surface area contributed by atoms with Crippen LogP contribution in [0.1, 0.15) is 18.9 Å². The van der Waals surface area contributed by atoms with Crippen molar-refractivity contribution in [3.63, 3.8) is 0 Å². The lowest BCUT2D eigenvalue weighted by molar-refractivity contribution is -0.143. The Kier molecular flexibility index (Phi) is 6.42. The zero-order valence-electron chi connectivity index (χ0n) is 14.9. The summed E-state index contributed by atoms with van der Waals surface area (Å²) >= 11 is 7.47. The highest BCUT2D eigenvalue weighted by atomic mass is 35.5. The van der Waals surface area contributed by atoms with Crippen molar-refractivity contribution >= 4 is 45.0 Å². The van der Waals surface area contributed by atoms with Gasteiger partial charge in [0.05, 0.1) is 29.7 Å². The number of aromatic nitrogens is 1. The zero-order valence-corrected chi connectivity index (χ0v) is 16.4. The van der Waals surface area contributed by atoms with Gasteiger partial charge in [0, 0.05) is 11.6 Å². The summed E-state index contributed by atoms with van der Waals surface area (Å²) in [6.07, 6.45) is 0.441. The fourth-order valence-corrected chi connectivity index (χ4v) is 4.05. The van der Waals surface area contributed by atoms with Gasteiger partial charge in [0.2, 0.25) is 0 Å². The number of aryl methyl sites for hydroxylation is 1. The Hall–Kier alpha value is -2.44. The van der Waals surface area contributed by atoms with Crippen LogP contribution >= 0.6 is 22.9 Å². The van der Waals surface area contributed by atoms with Crippen LogP contribution in [0.15, 0.2) is 53.5 Å². The highest BCUT2D eigenvalue weighted by Crippen LogP contribution is 2.22. The molecule has 0 unspecified atom stereocenters. The van der Waals surface area contributed by atoms with E-state index in [9.17, 15) is 9.59 Å². The number of carbonyl (C=O) groups excluding carboxylic acids is 2. The molecule has 0 fully saturated rings. The first-order valence-corrected chi connectivity index (χ1v) is 9.82. The van der Waals surface area contributed by atoms with E-state index in [4.69, 9.17) is 16.3 Å². The molecule has 0 saturated carbocycles. The van der Waals surface area contributed by atoms with Gasteiger partial charge in [-0.2, -0.15) is 4.99 Å². The van der Waals surface area contributed by atoms with Crippen LogP contribution in [0.25, 0.3) is 10.2 Å². The Morgan fingerprint density at radius 1 is 1.19 bits per heavy atom. The third kappa shape index (κ3) is 5.05. The second-order valence-electron chi connectivity index (χ2n) is 5.87. The van der Waals surface area contributed by atoms with Gasteiger partial charge in [-0.05, 0) is 30.7 Å². The SMILES string of the molecule is CCOC(=O)CCn1c(=NC(=O)Cc2ccccc2)sc2cc(Cl)ccc21. The van der Waals surface area contributed by atoms with Crippen molar-refractivity contribution < 1.29 is 14.3 Å². The lowest BCUT2D eigenvalue weighted by Gasteiger charge is -2.05. The zero-order chi connectivity index (χ0) is 19.2. The average molecular weight is 403 g/mol. The molecule has 3 aromatic rings. The van der Waals surface area contributed by atoms with Gasteiger partial charge in [-0.25, -0.2) is 0 Å². The van der Waals surface area contributed by atoms with Gasteiger partial charge in [-0.15, -0.1) is 0 Å². The number of nitrogens with zero attached hydrogens (tertiary/aromatic N) is 2. The van der Waals surface area contributed by atoms with E-state index >= 15 is 0 Å². The quantitative estimate of drug-likeness (QED) is 0.586. The Morgan fingerprint density at radius 2 is 1.96 bits per heavy atom. The molecule has 1 amide bonds. The summed E-state index contributed by atoms with van der Waals surface area (Å²) < 4.78 is 7.79. The van der Waals surface area contributed by atoms with Crippen LogP contribution in [0, 0.1) is 0 Å². The van der Waals surface area contributed by atoms with Crippen LogP contribution in [0.4, 0.5) is 0 Å². The van der Waals surface area contributed by atoms with E-state index in [1.54, 1.807) is 13.0 Å². The molecule has 0 aliphatic rings. The number of benzene rings is 2. The van der Waals surface area contributed by atoms with Crippen molar-refractivity contribution in [1.29, 1.82) is 0 Å². The fourth-order valence-electron chi connectivity index (χ4n) is 2.70. The summed E-state index contributed by atoms with van der Waals surface area (Å²) in [6, 6.07) is 15.0. The maximum Gasteiger partial charge on any atom is 0.307 e. The highest BCUT2D eigenvalue weighted by Gasteiger charge is 2.11. The van der Waals surface area contributed by atoms with Crippen molar-refractivity contribution in [3.8, 4) is 0 Å². The predicted molar refractivity (Wildman–Crippen MR) is 107 cm³/mol. The molecule has 1 heterocycles. The summed E-state index contributed by atoms with van der Waals surface area (Å²) in [5.41, 5.74) is 1.80. The molecular weight excluding hydrogens is 384 g/mol. The summed E-state index contributed by atoms with van der Waals surface area (Å²) in [6.45, 7) is 2.50. The molecule has 140 valence electrons. The first-order valence-electron chi connectivity index (χ1n) is 8.63. The Labute approximate surface area is 165 Å². The van der Waals surface area contributed by atoms with Crippen LogP contribution in [0.3, 0.4) is 0 Å². The van der Waals surface area contributed by atoms with Crippen molar-refractivity contribution in [3.05, 3.63) is 63.9 Å². The molecule has 0 spiro atoms. The number of rotatable bonds is 6. The topological polar surface area (TPSA) is 60.7 Å². The van der Waals surface area contributed by atoms with E-state index in [0.717, 1.165) is 15.8 Å². The van der Waals surface area contributed by atoms with Crippen molar-refractivity contribution in [2.75, 3.05) is 6.61 Å². The van der Waals surface area contributed by atoms with Gasteiger partial charge in [0.15, 0.2) is 4.80 Å². The number of thiazole rings is 1. The molecule has 0 radical (unpaired) electrons. The maximum atomic E-state index is 12.4. The maximum absolute atomic E-state index is 12.4. The largest absolute Gasteiger partial charge is 0.466 e. The van der Waals surface area contributed by atoms with Gasteiger partial charge in [0.25, 0.3) is 5.91 Å². The van der Waals surface area contributed by atoms with Crippen LogP contribution in [0.5, 0.6) is 0 Å². The number of hydrogen-bond donors (Lipinski definition) is 0. The number of esters is 1. The minimum absolute atomic E-state index is 0.211. The molecule has 0 aliphatic heterocycles. The van der Waals surface area contributed by atoms with E-state index in [1.165, 1.54) is 11.3 Å². The summed E-state index contributed by atoms with van der Waals surface area (Å²) in [7, 11) is 0.